The van der Waals surface area contributed by atoms with Gasteiger partial charge in [0.25, 0.3) is 0 Å². The van der Waals surface area contributed by atoms with Gasteiger partial charge in [0.2, 0.25) is 5.75 Å². The van der Waals surface area contributed by atoms with Crippen LogP contribution >= 0.6 is 11.6 Å². The first-order valence-electron chi connectivity index (χ1n) is 9.65. The molecule has 2 aromatic rings. The third-order valence-electron chi connectivity index (χ3n) is 4.45. The second-order valence-electron chi connectivity index (χ2n) is 6.39. The van der Waals surface area contributed by atoms with E-state index in [-0.39, 0.29) is 6.10 Å². The highest BCUT2D eigenvalue weighted by Gasteiger charge is 2.14. The zero-order valence-electron chi connectivity index (χ0n) is 18.1. The molecule has 1 unspecified atom stereocenters. The second kappa shape index (κ2) is 12.1. The van der Waals surface area contributed by atoms with Crippen LogP contribution in [-0.4, -0.2) is 47.5 Å². The number of rotatable bonds is 10. The molecule has 0 aromatic heterocycles. The molecule has 2 N–H and O–H groups in total. The molecule has 0 spiro atoms. The van der Waals surface area contributed by atoms with Crippen molar-refractivity contribution in [3.63, 3.8) is 0 Å². The van der Waals surface area contributed by atoms with Gasteiger partial charge in [-0.1, -0.05) is 23.7 Å². The fourth-order valence-corrected chi connectivity index (χ4v) is 3.17. The van der Waals surface area contributed by atoms with E-state index in [0.717, 1.165) is 17.7 Å². The van der Waals surface area contributed by atoms with Crippen LogP contribution in [0.2, 0.25) is 5.02 Å². The van der Waals surface area contributed by atoms with Gasteiger partial charge in [0.05, 0.1) is 34.0 Å². The maximum absolute atomic E-state index is 6.11. The van der Waals surface area contributed by atoms with Crippen molar-refractivity contribution in [2.45, 2.75) is 19.6 Å². The van der Waals surface area contributed by atoms with Gasteiger partial charge in [-0.15, -0.1) is 0 Å². The third-order valence-corrected chi connectivity index (χ3v) is 4.68. The molecule has 0 bridgehead atoms. The highest BCUT2D eigenvalue weighted by Crippen LogP contribution is 2.38. The maximum Gasteiger partial charge on any atom is 0.203 e. The van der Waals surface area contributed by atoms with Gasteiger partial charge in [-0.25, -0.2) is 4.99 Å². The predicted octanol–water partition coefficient (Wildman–Crippen LogP) is 3.81. The summed E-state index contributed by atoms with van der Waals surface area (Å²) in [7, 11) is 6.44. The fourth-order valence-electron chi connectivity index (χ4n) is 2.97. The number of guanidine groups is 1. The van der Waals surface area contributed by atoms with E-state index in [1.165, 1.54) is 0 Å². The zero-order valence-corrected chi connectivity index (χ0v) is 18.9. The van der Waals surface area contributed by atoms with Crippen molar-refractivity contribution in [1.29, 1.82) is 0 Å². The molecule has 0 aliphatic carbocycles. The highest BCUT2D eigenvalue weighted by molar-refractivity contribution is 6.30. The molecule has 30 heavy (non-hydrogen) atoms. The standard InChI is InChI=1S/C22H30ClN3O4/c1-6-24-22(26-14-20(29-4)16-8-7-9-17(23)12-16)25-13-15-10-18(27-2)21(30-5)19(11-15)28-3/h7-12,20H,6,13-14H2,1-5H3,(H2,24,25,26). The van der Waals surface area contributed by atoms with Gasteiger partial charge in [0.1, 0.15) is 0 Å². The van der Waals surface area contributed by atoms with Crippen molar-refractivity contribution in [1.82, 2.24) is 10.6 Å². The summed E-state index contributed by atoms with van der Waals surface area (Å²) in [5.74, 6) is 2.43. The number of methoxy groups -OCH3 is 4. The Kier molecular flexibility index (Phi) is 9.57. The molecule has 164 valence electrons. The monoisotopic (exact) mass is 435 g/mol. The van der Waals surface area contributed by atoms with Crippen molar-refractivity contribution < 1.29 is 18.9 Å². The Morgan fingerprint density at radius 1 is 1.00 bits per heavy atom. The first-order chi connectivity index (χ1) is 14.6. The van der Waals surface area contributed by atoms with Crippen LogP contribution in [0.1, 0.15) is 24.2 Å². The Bertz CT molecular complexity index is 820. The molecule has 1 atom stereocenters. The fraction of sp³-hybridized carbons (Fsp3) is 0.409. The number of ether oxygens (including phenoxy) is 4. The van der Waals surface area contributed by atoms with Gasteiger partial charge < -0.3 is 29.6 Å². The molecule has 0 amide bonds. The maximum atomic E-state index is 6.11. The zero-order chi connectivity index (χ0) is 21.9. The van der Waals surface area contributed by atoms with Crippen LogP contribution in [0.3, 0.4) is 0 Å². The Morgan fingerprint density at radius 3 is 2.23 bits per heavy atom. The summed E-state index contributed by atoms with van der Waals surface area (Å²) < 4.78 is 21.8. The van der Waals surface area contributed by atoms with E-state index in [0.29, 0.717) is 41.3 Å². The minimum Gasteiger partial charge on any atom is -0.493 e. The summed E-state index contributed by atoms with van der Waals surface area (Å²) >= 11 is 6.11. The molecular weight excluding hydrogens is 406 g/mol. The van der Waals surface area contributed by atoms with E-state index in [4.69, 9.17) is 30.5 Å². The van der Waals surface area contributed by atoms with E-state index < -0.39 is 0 Å². The number of hydrogen-bond donors (Lipinski definition) is 2. The van der Waals surface area contributed by atoms with Crippen molar-refractivity contribution in [2.75, 3.05) is 41.5 Å². The van der Waals surface area contributed by atoms with Gasteiger partial charge in [-0.3, -0.25) is 0 Å². The molecule has 8 heteroatoms. The van der Waals surface area contributed by atoms with Gasteiger partial charge in [-0.05, 0) is 42.3 Å². The summed E-state index contributed by atoms with van der Waals surface area (Å²) in [5, 5.41) is 7.25. The first kappa shape index (κ1) is 23.6. The van der Waals surface area contributed by atoms with Crippen LogP contribution < -0.4 is 24.8 Å². The predicted molar refractivity (Wildman–Crippen MR) is 120 cm³/mol. The first-order valence-corrected chi connectivity index (χ1v) is 10.0. The second-order valence-corrected chi connectivity index (χ2v) is 6.83. The van der Waals surface area contributed by atoms with E-state index in [2.05, 4.69) is 15.6 Å². The number of nitrogens with zero attached hydrogens (tertiary/aromatic N) is 1. The quantitative estimate of drug-likeness (QED) is 0.436. The van der Waals surface area contributed by atoms with Crippen molar-refractivity contribution >= 4 is 17.6 Å². The van der Waals surface area contributed by atoms with Crippen LogP contribution in [0.25, 0.3) is 0 Å². The lowest BCUT2D eigenvalue weighted by Crippen LogP contribution is -2.39. The third kappa shape index (κ3) is 6.43. The molecule has 0 aliphatic heterocycles. The van der Waals surface area contributed by atoms with E-state index in [9.17, 15) is 0 Å². The van der Waals surface area contributed by atoms with Crippen molar-refractivity contribution in [2.24, 2.45) is 4.99 Å². The molecule has 2 aromatic carbocycles. The van der Waals surface area contributed by atoms with E-state index >= 15 is 0 Å². The van der Waals surface area contributed by atoms with Gasteiger partial charge in [0.15, 0.2) is 17.5 Å². The van der Waals surface area contributed by atoms with Crippen molar-refractivity contribution in [3.05, 3.63) is 52.5 Å². The lowest BCUT2D eigenvalue weighted by Gasteiger charge is -2.19. The van der Waals surface area contributed by atoms with Crippen LogP contribution in [0.4, 0.5) is 0 Å². The molecular formula is C22H30ClN3O4. The molecule has 7 nitrogen and oxygen atoms in total. The van der Waals surface area contributed by atoms with Gasteiger partial charge >= 0.3 is 0 Å². The van der Waals surface area contributed by atoms with Gasteiger partial charge in [0, 0.05) is 25.2 Å². The normalized spacial score (nSPS) is 12.3. The largest absolute Gasteiger partial charge is 0.493 e. The number of hydrogen-bond acceptors (Lipinski definition) is 5. The Hall–Kier alpha value is -2.64. The Labute approximate surface area is 183 Å². The molecule has 0 saturated carbocycles. The average Bonchev–Trinajstić information content (AvgIpc) is 2.76. The lowest BCUT2D eigenvalue weighted by molar-refractivity contribution is 0.106. The Morgan fingerprint density at radius 2 is 1.70 bits per heavy atom. The van der Waals surface area contributed by atoms with Crippen LogP contribution in [0.15, 0.2) is 41.4 Å². The van der Waals surface area contributed by atoms with Crippen molar-refractivity contribution in [3.8, 4) is 17.2 Å². The number of halogens is 1. The molecule has 2 rings (SSSR count). The van der Waals surface area contributed by atoms with Crippen LogP contribution in [0, 0.1) is 0 Å². The summed E-state index contributed by atoms with van der Waals surface area (Å²) in [4.78, 5) is 4.67. The molecule has 0 saturated heterocycles. The van der Waals surface area contributed by atoms with Crippen LogP contribution in [-0.2, 0) is 11.3 Å². The number of aliphatic imine (C=N–C) groups is 1. The molecule has 0 heterocycles. The van der Waals surface area contributed by atoms with E-state index in [1.54, 1.807) is 28.4 Å². The topological polar surface area (TPSA) is 73.3 Å². The minimum absolute atomic E-state index is 0.159. The van der Waals surface area contributed by atoms with E-state index in [1.807, 2.05) is 43.3 Å². The number of benzene rings is 2. The minimum atomic E-state index is -0.159. The SMILES string of the molecule is CCNC(=NCc1cc(OC)c(OC)c(OC)c1)NCC(OC)c1cccc(Cl)c1. The lowest BCUT2D eigenvalue weighted by atomic mass is 10.1. The number of nitrogens with one attached hydrogen (secondary N) is 2. The average molecular weight is 436 g/mol. The highest BCUT2D eigenvalue weighted by atomic mass is 35.5. The Balaban J connectivity index is 2.14. The smallest absolute Gasteiger partial charge is 0.203 e. The van der Waals surface area contributed by atoms with Crippen LogP contribution in [0.5, 0.6) is 17.2 Å². The summed E-state index contributed by atoms with van der Waals surface area (Å²) in [6.07, 6.45) is -0.159. The molecule has 0 fully saturated rings. The summed E-state index contributed by atoms with van der Waals surface area (Å²) in [6, 6.07) is 11.4. The summed E-state index contributed by atoms with van der Waals surface area (Å²) in [5.41, 5.74) is 1.93. The van der Waals surface area contributed by atoms with Gasteiger partial charge in [-0.2, -0.15) is 0 Å². The summed E-state index contributed by atoms with van der Waals surface area (Å²) in [6.45, 7) is 3.72. The molecule has 0 radical (unpaired) electrons. The molecule has 0 aliphatic rings.